The van der Waals surface area contributed by atoms with Gasteiger partial charge in [-0.25, -0.2) is 0 Å². The Hall–Kier alpha value is -1.11. The van der Waals surface area contributed by atoms with Crippen LogP contribution in [0.1, 0.15) is 25.0 Å². The third kappa shape index (κ3) is 2.48. The van der Waals surface area contributed by atoms with E-state index in [1.165, 1.54) is 0 Å². The van der Waals surface area contributed by atoms with Gasteiger partial charge in [0, 0.05) is 24.7 Å². The van der Waals surface area contributed by atoms with Crippen LogP contribution in [0.4, 0.5) is 0 Å². The van der Waals surface area contributed by atoms with Crippen molar-refractivity contribution in [2.45, 2.75) is 31.9 Å². The highest BCUT2D eigenvalue weighted by Gasteiger charge is 2.24. The summed E-state index contributed by atoms with van der Waals surface area (Å²) in [5.74, 6) is 1.07. The van der Waals surface area contributed by atoms with E-state index in [-0.39, 0.29) is 6.10 Å². The van der Waals surface area contributed by atoms with E-state index in [0.29, 0.717) is 18.3 Å². The molecule has 1 fully saturated rings. The second-order valence-electron chi connectivity index (χ2n) is 5.01. The number of aliphatic hydroxyl groups is 1. The first-order valence-corrected chi connectivity index (χ1v) is 7.54. The zero-order valence-electron chi connectivity index (χ0n) is 11.0. The Labute approximate surface area is 116 Å². The van der Waals surface area contributed by atoms with Crippen molar-refractivity contribution in [2.24, 2.45) is 5.92 Å². The van der Waals surface area contributed by atoms with Gasteiger partial charge in [-0.2, -0.15) is 4.98 Å². The number of rotatable bonds is 5. The van der Waals surface area contributed by atoms with E-state index in [4.69, 9.17) is 4.74 Å². The minimum absolute atomic E-state index is 0.138. The van der Waals surface area contributed by atoms with Crippen LogP contribution in [0, 0.1) is 5.92 Å². The monoisotopic (exact) mass is 281 g/mol. The van der Waals surface area contributed by atoms with Crippen LogP contribution in [-0.2, 0) is 6.54 Å². The minimum atomic E-state index is -0.138. The van der Waals surface area contributed by atoms with Gasteiger partial charge in [0.2, 0.25) is 5.88 Å². The van der Waals surface area contributed by atoms with Gasteiger partial charge in [0.25, 0.3) is 0 Å². The Morgan fingerprint density at radius 1 is 1.58 bits per heavy atom. The lowest BCUT2D eigenvalue weighted by Gasteiger charge is -2.15. The van der Waals surface area contributed by atoms with E-state index >= 15 is 0 Å². The maximum Gasteiger partial charge on any atom is 0.237 e. The summed E-state index contributed by atoms with van der Waals surface area (Å²) in [6, 6.07) is 0. The highest BCUT2D eigenvalue weighted by atomic mass is 32.1. The van der Waals surface area contributed by atoms with Crippen molar-refractivity contribution in [3.05, 3.63) is 17.3 Å². The Morgan fingerprint density at radius 2 is 2.47 bits per heavy atom. The topological polar surface area (TPSA) is 58.8 Å². The fourth-order valence-corrected chi connectivity index (χ4v) is 3.49. The number of hydrogen-bond donors (Lipinski definition) is 2. The molecule has 0 aromatic carbocycles. The summed E-state index contributed by atoms with van der Waals surface area (Å²) in [4.78, 5) is 5.38. The average Bonchev–Trinajstić information content (AvgIpc) is 3.07. The van der Waals surface area contributed by atoms with E-state index in [1.54, 1.807) is 18.4 Å². The first-order valence-electron chi connectivity index (χ1n) is 6.67. The second kappa shape index (κ2) is 5.48. The minimum Gasteiger partial charge on any atom is -0.480 e. The lowest BCUT2D eigenvalue weighted by molar-refractivity contribution is 0.131. The van der Waals surface area contributed by atoms with Gasteiger partial charge in [-0.1, -0.05) is 6.42 Å². The first kappa shape index (κ1) is 12.9. The third-order valence-electron chi connectivity index (χ3n) is 3.84. The normalized spacial score (nSPS) is 23.3. The maximum atomic E-state index is 9.81. The molecule has 2 atom stereocenters. The maximum absolute atomic E-state index is 9.81. The molecule has 2 N–H and O–H groups in total. The molecule has 0 spiro atoms. The van der Waals surface area contributed by atoms with Crippen LogP contribution in [-0.4, -0.2) is 34.2 Å². The van der Waals surface area contributed by atoms with Crippen LogP contribution in [0.15, 0.2) is 11.6 Å². The van der Waals surface area contributed by atoms with Crippen molar-refractivity contribution in [2.75, 3.05) is 13.7 Å². The number of aliphatic hydroxyl groups excluding tert-OH is 1. The summed E-state index contributed by atoms with van der Waals surface area (Å²) in [6.45, 7) is 1.56. The van der Waals surface area contributed by atoms with E-state index in [1.807, 2.05) is 11.6 Å². The van der Waals surface area contributed by atoms with E-state index in [2.05, 4.69) is 14.7 Å². The number of methoxy groups -OCH3 is 1. The van der Waals surface area contributed by atoms with Crippen LogP contribution in [0.5, 0.6) is 5.88 Å². The van der Waals surface area contributed by atoms with Gasteiger partial charge in [-0.05, 0) is 18.8 Å². The molecule has 0 radical (unpaired) electrons. The Balaban J connectivity index is 1.65. The van der Waals surface area contributed by atoms with Crippen LogP contribution in [0.3, 0.4) is 0 Å². The van der Waals surface area contributed by atoms with Gasteiger partial charge in [0.1, 0.15) is 5.69 Å². The third-order valence-corrected chi connectivity index (χ3v) is 4.59. The van der Waals surface area contributed by atoms with Gasteiger partial charge < -0.3 is 15.2 Å². The average molecular weight is 281 g/mol. The van der Waals surface area contributed by atoms with Gasteiger partial charge in [-0.15, -0.1) is 11.3 Å². The molecule has 2 heterocycles. The molecule has 2 aromatic rings. The molecular weight excluding hydrogens is 262 g/mol. The zero-order valence-corrected chi connectivity index (χ0v) is 11.8. The van der Waals surface area contributed by atoms with E-state index in [0.717, 1.165) is 36.5 Å². The SMILES string of the molecule is COc1nc2sccn2c1CNCC1CCCC1O. The fraction of sp³-hybridized carbons (Fsp3) is 0.615. The first-order chi connectivity index (χ1) is 9.29. The predicted molar refractivity (Wildman–Crippen MR) is 74.7 cm³/mol. The number of imidazole rings is 1. The standard InChI is InChI=1S/C13H19N3O2S/c1-18-12-10(16-5-6-19-13(16)15-12)8-14-7-9-3-2-4-11(9)17/h5-6,9,11,14,17H,2-4,7-8H2,1H3. The van der Waals surface area contributed by atoms with Crippen LogP contribution in [0.2, 0.25) is 0 Å². The molecular formula is C13H19N3O2S. The lowest BCUT2D eigenvalue weighted by atomic mass is 10.1. The molecule has 0 saturated heterocycles. The van der Waals surface area contributed by atoms with Crippen molar-refractivity contribution in [1.29, 1.82) is 0 Å². The Kier molecular flexibility index (Phi) is 3.72. The molecule has 0 aliphatic heterocycles. The molecule has 0 amide bonds. The largest absolute Gasteiger partial charge is 0.480 e. The lowest BCUT2D eigenvalue weighted by Crippen LogP contribution is -2.27. The van der Waals surface area contributed by atoms with Gasteiger partial charge in [-0.3, -0.25) is 4.40 Å². The highest BCUT2D eigenvalue weighted by Crippen LogP contribution is 2.26. The molecule has 6 heteroatoms. The number of aromatic nitrogens is 2. The zero-order chi connectivity index (χ0) is 13.2. The molecule has 19 heavy (non-hydrogen) atoms. The predicted octanol–water partition coefficient (Wildman–Crippen LogP) is 1.66. The van der Waals surface area contributed by atoms with E-state index < -0.39 is 0 Å². The van der Waals surface area contributed by atoms with Crippen molar-refractivity contribution >= 4 is 16.3 Å². The van der Waals surface area contributed by atoms with Crippen LogP contribution >= 0.6 is 11.3 Å². The summed E-state index contributed by atoms with van der Waals surface area (Å²) in [7, 11) is 1.65. The second-order valence-corrected chi connectivity index (χ2v) is 5.89. The number of nitrogens with one attached hydrogen (secondary N) is 1. The van der Waals surface area contributed by atoms with Gasteiger partial charge >= 0.3 is 0 Å². The molecule has 1 aliphatic rings. The molecule has 104 valence electrons. The van der Waals surface area contributed by atoms with Crippen LogP contribution < -0.4 is 10.1 Å². The number of hydrogen-bond acceptors (Lipinski definition) is 5. The van der Waals surface area contributed by atoms with E-state index in [9.17, 15) is 5.11 Å². The summed E-state index contributed by atoms with van der Waals surface area (Å²) in [6.07, 6.45) is 5.07. The summed E-state index contributed by atoms with van der Waals surface area (Å²) < 4.78 is 7.37. The molecule has 1 saturated carbocycles. The number of thiazole rings is 1. The molecule has 5 nitrogen and oxygen atoms in total. The molecule has 2 unspecified atom stereocenters. The van der Waals surface area contributed by atoms with Crippen molar-refractivity contribution < 1.29 is 9.84 Å². The molecule has 1 aliphatic carbocycles. The number of fused-ring (bicyclic) bond motifs is 1. The Morgan fingerprint density at radius 3 is 3.21 bits per heavy atom. The van der Waals surface area contributed by atoms with Crippen molar-refractivity contribution in [3.8, 4) is 5.88 Å². The Bertz CT molecular complexity index is 551. The molecule has 0 bridgehead atoms. The van der Waals surface area contributed by atoms with Gasteiger partial charge in [0.15, 0.2) is 4.96 Å². The quantitative estimate of drug-likeness (QED) is 0.875. The van der Waals surface area contributed by atoms with Gasteiger partial charge in [0.05, 0.1) is 13.2 Å². The number of nitrogens with zero attached hydrogens (tertiary/aromatic N) is 2. The summed E-state index contributed by atoms with van der Waals surface area (Å²) in [5.41, 5.74) is 1.05. The smallest absolute Gasteiger partial charge is 0.237 e. The fourth-order valence-electron chi connectivity index (χ4n) is 2.77. The molecule has 2 aromatic heterocycles. The highest BCUT2D eigenvalue weighted by molar-refractivity contribution is 7.15. The summed E-state index contributed by atoms with van der Waals surface area (Å²) >= 11 is 1.60. The molecule has 3 rings (SSSR count). The summed E-state index contributed by atoms with van der Waals surface area (Å²) in [5, 5.41) is 15.2. The number of ether oxygens (including phenoxy) is 1. The van der Waals surface area contributed by atoms with Crippen molar-refractivity contribution in [3.63, 3.8) is 0 Å². The van der Waals surface area contributed by atoms with Crippen molar-refractivity contribution in [1.82, 2.24) is 14.7 Å². The van der Waals surface area contributed by atoms with Crippen LogP contribution in [0.25, 0.3) is 4.96 Å².